The van der Waals surface area contributed by atoms with Crippen LogP contribution in [0.2, 0.25) is 0 Å². The number of anilines is 1. The number of aryl methyl sites for hydroxylation is 1. The molecule has 0 saturated carbocycles. The lowest BCUT2D eigenvalue weighted by molar-refractivity contribution is 0.579. The van der Waals surface area contributed by atoms with Crippen molar-refractivity contribution in [3.8, 4) is 0 Å². The summed E-state index contributed by atoms with van der Waals surface area (Å²) in [6, 6.07) is 10.5. The normalized spacial score (nSPS) is 11.5. The summed E-state index contributed by atoms with van der Waals surface area (Å²) < 4.78 is 39.8. The van der Waals surface area contributed by atoms with Gasteiger partial charge in [0.25, 0.3) is 0 Å². The molecule has 0 spiro atoms. The quantitative estimate of drug-likeness (QED) is 0.849. The molecule has 0 aliphatic rings. The van der Waals surface area contributed by atoms with Crippen molar-refractivity contribution in [2.75, 3.05) is 5.73 Å². The van der Waals surface area contributed by atoms with Crippen LogP contribution in [0.1, 0.15) is 11.1 Å². The zero-order valence-electron chi connectivity index (χ0n) is 10.9. The summed E-state index contributed by atoms with van der Waals surface area (Å²) in [4.78, 5) is 0.0720. The lowest BCUT2D eigenvalue weighted by Crippen LogP contribution is -2.24. The second-order valence-electron chi connectivity index (χ2n) is 4.48. The van der Waals surface area contributed by atoms with E-state index in [1.807, 2.05) is 0 Å². The predicted octanol–water partition coefficient (Wildman–Crippen LogP) is 2.19. The Morgan fingerprint density at radius 3 is 2.60 bits per heavy atom. The Bertz CT molecular complexity index is 730. The van der Waals surface area contributed by atoms with Crippen molar-refractivity contribution in [2.24, 2.45) is 0 Å². The van der Waals surface area contributed by atoms with Gasteiger partial charge in [-0.05, 0) is 48.4 Å². The SMILES string of the molecule is Cc1cc(F)ccc1S(=O)(=O)NCc1cccc(N)c1. The highest BCUT2D eigenvalue weighted by Gasteiger charge is 2.16. The maximum atomic E-state index is 13.0. The molecule has 0 aliphatic carbocycles. The van der Waals surface area contributed by atoms with E-state index in [-0.39, 0.29) is 11.4 Å². The molecule has 20 heavy (non-hydrogen) atoms. The third kappa shape index (κ3) is 3.34. The molecule has 106 valence electrons. The summed E-state index contributed by atoms with van der Waals surface area (Å²) in [7, 11) is -3.68. The van der Waals surface area contributed by atoms with Crippen LogP contribution in [0.3, 0.4) is 0 Å². The highest BCUT2D eigenvalue weighted by atomic mass is 32.2. The van der Waals surface area contributed by atoms with Gasteiger partial charge >= 0.3 is 0 Å². The minimum Gasteiger partial charge on any atom is -0.399 e. The van der Waals surface area contributed by atoms with Crippen molar-refractivity contribution in [3.63, 3.8) is 0 Å². The Labute approximate surface area is 117 Å². The monoisotopic (exact) mass is 294 g/mol. The number of nitrogen functional groups attached to an aromatic ring is 1. The Balaban J connectivity index is 2.19. The maximum Gasteiger partial charge on any atom is 0.241 e. The molecule has 2 aromatic carbocycles. The second kappa shape index (κ2) is 5.60. The van der Waals surface area contributed by atoms with Crippen LogP contribution in [0.15, 0.2) is 47.4 Å². The van der Waals surface area contributed by atoms with E-state index in [1.165, 1.54) is 12.1 Å². The fourth-order valence-electron chi connectivity index (χ4n) is 1.87. The third-order valence-electron chi connectivity index (χ3n) is 2.84. The fourth-order valence-corrected chi connectivity index (χ4v) is 3.12. The van der Waals surface area contributed by atoms with E-state index in [0.29, 0.717) is 11.3 Å². The fraction of sp³-hybridized carbons (Fsp3) is 0.143. The molecule has 6 heteroatoms. The molecule has 2 rings (SSSR count). The highest BCUT2D eigenvalue weighted by Crippen LogP contribution is 2.16. The molecule has 0 aromatic heterocycles. The molecule has 0 unspecified atom stereocenters. The molecule has 0 amide bonds. The largest absolute Gasteiger partial charge is 0.399 e. The maximum absolute atomic E-state index is 13.0. The number of nitrogens with two attached hydrogens (primary N) is 1. The average Bonchev–Trinajstić information content (AvgIpc) is 2.36. The molecule has 0 fully saturated rings. The standard InChI is InChI=1S/C14H15FN2O2S/c1-10-7-12(15)5-6-14(10)20(18,19)17-9-11-3-2-4-13(16)8-11/h2-8,17H,9,16H2,1H3. The summed E-state index contributed by atoms with van der Waals surface area (Å²) >= 11 is 0. The van der Waals surface area contributed by atoms with Crippen LogP contribution in [-0.4, -0.2) is 8.42 Å². The van der Waals surface area contributed by atoms with Crippen LogP contribution < -0.4 is 10.5 Å². The zero-order chi connectivity index (χ0) is 14.8. The molecule has 4 nitrogen and oxygen atoms in total. The molecule has 0 bridgehead atoms. The van der Waals surface area contributed by atoms with Crippen LogP contribution in [0.25, 0.3) is 0 Å². The van der Waals surface area contributed by atoms with E-state index in [1.54, 1.807) is 31.2 Å². The number of hydrogen-bond donors (Lipinski definition) is 2. The van der Waals surface area contributed by atoms with Gasteiger partial charge < -0.3 is 5.73 Å². The van der Waals surface area contributed by atoms with Gasteiger partial charge in [-0.3, -0.25) is 0 Å². The number of halogens is 1. The van der Waals surface area contributed by atoms with Crippen molar-refractivity contribution in [2.45, 2.75) is 18.4 Å². The first-order valence-electron chi connectivity index (χ1n) is 5.99. The molecule has 0 atom stereocenters. The van der Waals surface area contributed by atoms with Crippen LogP contribution >= 0.6 is 0 Å². The van der Waals surface area contributed by atoms with Gasteiger partial charge in [0.15, 0.2) is 0 Å². The molecular formula is C14H15FN2O2S. The van der Waals surface area contributed by atoms with Gasteiger partial charge in [0.1, 0.15) is 5.82 Å². The van der Waals surface area contributed by atoms with Crippen LogP contribution in [-0.2, 0) is 16.6 Å². The zero-order valence-corrected chi connectivity index (χ0v) is 11.7. The van der Waals surface area contributed by atoms with Crippen LogP contribution in [0, 0.1) is 12.7 Å². The lowest BCUT2D eigenvalue weighted by Gasteiger charge is -2.09. The summed E-state index contributed by atoms with van der Waals surface area (Å²) in [6.45, 7) is 1.68. The van der Waals surface area contributed by atoms with E-state index < -0.39 is 15.8 Å². The van der Waals surface area contributed by atoms with E-state index >= 15 is 0 Å². The first-order valence-corrected chi connectivity index (χ1v) is 7.47. The summed E-state index contributed by atoms with van der Waals surface area (Å²) in [5.41, 5.74) is 7.32. The van der Waals surface area contributed by atoms with Crippen molar-refractivity contribution in [3.05, 3.63) is 59.4 Å². The number of hydrogen-bond acceptors (Lipinski definition) is 3. The molecule has 0 heterocycles. The topological polar surface area (TPSA) is 72.2 Å². The van der Waals surface area contributed by atoms with Gasteiger partial charge in [-0.15, -0.1) is 0 Å². The summed E-state index contributed by atoms with van der Waals surface area (Å²) in [5.74, 6) is -0.461. The first-order chi connectivity index (χ1) is 9.38. The van der Waals surface area contributed by atoms with E-state index in [2.05, 4.69) is 4.72 Å². The van der Waals surface area contributed by atoms with E-state index in [4.69, 9.17) is 5.73 Å². The average molecular weight is 294 g/mol. The van der Waals surface area contributed by atoms with Gasteiger partial charge in [0.2, 0.25) is 10.0 Å². The van der Waals surface area contributed by atoms with E-state index in [0.717, 1.165) is 11.6 Å². The summed E-state index contributed by atoms with van der Waals surface area (Å²) in [6.07, 6.45) is 0. The van der Waals surface area contributed by atoms with Crippen LogP contribution in [0.5, 0.6) is 0 Å². The van der Waals surface area contributed by atoms with Crippen molar-refractivity contribution < 1.29 is 12.8 Å². The third-order valence-corrected chi connectivity index (χ3v) is 4.41. The van der Waals surface area contributed by atoms with Crippen molar-refractivity contribution in [1.82, 2.24) is 4.72 Å². The van der Waals surface area contributed by atoms with Gasteiger partial charge in [0, 0.05) is 12.2 Å². The Kier molecular flexibility index (Phi) is 4.06. The number of rotatable bonds is 4. The number of sulfonamides is 1. The highest BCUT2D eigenvalue weighted by molar-refractivity contribution is 7.89. The Hall–Kier alpha value is -1.92. The summed E-state index contributed by atoms with van der Waals surface area (Å²) in [5, 5.41) is 0. The first kappa shape index (κ1) is 14.5. The molecule has 0 aliphatic heterocycles. The van der Waals surface area contributed by atoms with E-state index in [9.17, 15) is 12.8 Å². The molecule has 3 N–H and O–H groups in total. The van der Waals surface area contributed by atoms with Gasteiger partial charge in [-0.25, -0.2) is 17.5 Å². The minimum atomic E-state index is -3.68. The number of nitrogens with one attached hydrogen (secondary N) is 1. The Morgan fingerprint density at radius 2 is 1.95 bits per heavy atom. The van der Waals surface area contributed by atoms with Gasteiger partial charge in [0.05, 0.1) is 4.90 Å². The predicted molar refractivity (Wildman–Crippen MR) is 76.0 cm³/mol. The molecule has 0 saturated heterocycles. The lowest BCUT2D eigenvalue weighted by atomic mass is 10.2. The van der Waals surface area contributed by atoms with Crippen LogP contribution in [0.4, 0.5) is 10.1 Å². The smallest absolute Gasteiger partial charge is 0.241 e. The minimum absolute atomic E-state index is 0.0720. The Morgan fingerprint density at radius 1 is 1.20 bits per heavy atom. The van der Waals surface area contributed by atoms with Gasteiger partial charge in [-0.2, -0.15) is 0 Å². The van der Waals surface area contributed by atoms with Crippen molar-refractivity contribution >= 4 is 15.7 Å². The molecule has 0 radical (unpaired) electrons. The molecular weight excluding hydrogens is 279 g/mol. The molecule has 2 aromatic rings. The van der Waals surface area contributed by atoms with Crippen molar-refractivity contribution in [1.29, 1.82) is 0 Å². The van der Waals surface area contributed by atoms with Gasteiger partial charge in [-0.1, -0.05) is 12.1 Å². The number of benzene rings is 2. The second-order valence-corrected chi connectivity index (χ2v) is 6.21.